The first kappa shape index (κ1) is 13.0. The number of hydrogen-bond donors (Lipinski definition) is 2. The zero-order valence-corrected chi connectivity index (χ0v) is 10.6. The molecule has 1 fully saturated rings. The molecule has 0 radical (unpaired) electrons. The van der Waals surface area contributed by atoms with Crippen molar-refractivity contribution in [3.8, 4) is 0 Å². The largest absolute Gasteiger partial charge is 0.394 e. The van der Waals surface area contributed by atoms with Gasteiger partial charge in [0, 0.05) is 11.6 Å². The average Bonchev–Trinajstić information content (AvgIpc) is 2.70. The zero-order valence-electron chi connectivity index (χ0n) is 10.6. The molecule has 0 saturated heterocycles. The summed E-state index contributed by atoms with van der Waals surface area (Å²) in [6, 6.07) is 0.533. The van der Waals surface area contributed by atoms with Gasteiger partial charge >= 0.3 is 0 Å². The predicted octanol–water partition coefficient (Wildman–Crippen LogP) is 2.71. The van der Waals surface area contributed by atoms with Gasteiger partial charge in [0.15, 0.2) is 0 Å². The third-order valence-corrected chi connectivity index (χ3v) is 3.89. The Kier molecular flexibility index (Phi) is 5.07. The van der Waals surface area contributed by atoms with E-state index in [0.717, 1.165) is 12.3 Å². The number of rotatable bonds is 6. The molecule has 15 heavy (non-hydrogen) atoms. The fourth-order valence-electron chi connectivity index (χ4n) is 2.66. The molecule has 0 aromatic rings. The molecule has 1 saturated carbocycles. The van der Waals surface area contributed by atoms with Crippen LogP contribution < -0.4 is 5.32 Å². The third kappa shape index (κ3) is 4.12. The Hall–Kier alpha value is -0.0800. The molecule has 0 aliphatic heterocycles. The standard InChI is InChI=1S/C13H27NO/c1-4-13(3,10-15)14-11(2)9-12-7-5-6-8-12/h11-12,14-15H,4-10H2,1-3H3. The van der Waals surface area contributed by atoms with Gasteiger partial charge in [-0.15, -0.1) is 0 Å². The molecule has 1 aliphatic carbocycles. The Morgan fingerprint density at radius 2 is 2.00 bits per heavy atom. The smallest absolute Gasteiger partial charge is 0.0610 e. The van der Waals surface area contributed by atoms with Gasteiger partial charge in [-0.3, -0.25) is 0 Å². The second kappa shape index (κ2) is 5.86. The van der Waals surface area contributed by atoms with Crippen molar-refractivity contribution in [1.82, 2.24) is 5.32 Å². The summed E-state index contributed by atoms with van der Waals surface area (Å²) in [4.78, 5) is 0. The molecule has 2 unspecified atom stereocenters. The molecule has 0 spiro atoms. The van der Waals surface area contributed by atoms with Crippen molar-refractivity contribution in [3.05, 3.63) is 0 Å². The summed E-state index contributed by atoms with van der Waals surface area (Å²) in [5.41, 5.74) is -0.0853. The Bertz CT molecular complexity index is 171. The fourth-order valence-corrected chi connectivity index (χ4v) is 2.66. The number of nitrogens with one attached hydrogen (secondary N) is 1. The van der Waals surface area contributed by atoms with Crippen LogP contribution in [0.5, 0.6) is 0 Å². The van der Waals surface area contributed by atoms with E-state index in [4.69, 9.17) is 0 Å². The van der Waals surface area contributed by atoms with Gasteiger partial charge in [-0.1, -0.05) is 32.6 Å². The molecule has 0 amide bonds. The van der Waals surface area contributed by atoms with Gasteiger partial charge in [-0.25, -0.2) is 0 Å². The Labute approximate surface area is 94.5 Å². The maximum absolute atomic E-state index is 9.33. The van der Waals surface area contributed by atoms with Crippen LogP contribution in [0.15, 0.2) is 0 Å². The number of aliphatic hydroxyl groups excluding tert-OH is 1. The molecule has 90 valence electrons. The van der Waals surface area contributed by atoms with Crippen molar-refractivity contribution in [1.29, 1.82) is 0 Å². The normalized spacial score (nSPS) is 24.0. The van der Waals surface area contributed by atoms with Crippen LogP contribution in [0.3, 0.4) is 0 Å². The summed E-state index contributed by atoms with van der Waals surface area (Å²) in [5, 5.41) is 12.9. The first-order valence-electron chi connectivity index (χ1n) is 6.48. The number of hydrogen-bond acceptors (Lipinski definition) is 2. The fraction of sp³-hybridized carbons (Fsp3) is 1.00. The van der Waals surface area contributed by atoms with E-state index in [2.05, 4.69) is 26.1 Å². The van der Waals surface area contributed by atoms with E-state index in [1.54, 1.807) is 0 Å². The molecule has 0 bridgehead atoms. The second-order valence-corrected chi connectivity index (χ2v) is 5.50. The van der Waals surface area contributed by atoms with Gasteiger partial charge in [0.1, 0.15) is 0 Å². The topological polar surface area (TPSA) is 32.3 Å². The lowest BCUT2D eigenvalue weighted by molar-refractivity contribution is 0.153. The van der Waals surface area contributed by atoms with Crippen LogP contribution in [0.1, 0.15) is 59.3 Å². The van der Waals surface area contributed by atoms with Gasteiger partial charge in [0.25, 0.3) is 0 Å². The number of aliphatic hydroxyl groups is 1. The van der Waals surface area contributed by atoms with E-state index in [1.807, 2.05) is 0 Å². The Balaban J connectivity index is 2.30. The van der Waals surface area contributed by atoms with Crippen molar-refractivity contribution < 1.29 is 5.11 Å². The molecule has 0 aromatic heterocycles. The van der Waals surface area contributed by atoms with Crippen LogP contribution in [0, 0.1) is 5.92 Å². The lowest BCUT2D eigenvalue weighted by Gasteiger charge is -2.32. The highest BCUT2D eigenvalue weighted by Gasteiger charge is 2.25. The van der Waals surface area contributed by atoms with Crippen molar-refractivity contribution in [2.24, 2.45) is 5.92 Å². The molecule has 2 atom stereocenters. The van der Waals surface area contributed by atoms with E-state index in [9.17, 15) is 5.11 Å². The van der Waals surface area contributed by atoms with E-state index in [0.29, 0.717) is 6.04 Å². The highest BCUT2D eigenvalue weighted by Crippen LogP contribution is 2.29. The molecule has 1 rings (SSSR count). The van der Waals surface area contributed by atoms with Gasteiger partial charge < -0.3 is 10.4 Å². The summed E-state index contributed by atoms with van der Waals surface area (Å²) in [7, 11) is 0. The van der Waals surface area contributed by atoms with Crippen molar-refractivity contribution in [2.75, 3.05) is 6.61 Å². The maximum Gasteiger partial charge on any atom is 0.0610 e. The lowest BCUT2D eigenvalue weighted by Crippen LogP contribution is -2.49. The van der Waals surface area contributed by atoms with Crippen LogP contribution in [0.4, 0.5) is 0 Å². The molecule has 0 aromatic carbocycles. The van der Waals surface area contributed by atoms with Crippen molar-refractivity contribution >= 4 is 0 Å². The van der Waals surface area contributed by atoms with Gasteiger partial charge in [0.05, 0.1) is 6.61 Å². The summed E-state index contributed by atoms with van der Waals surface area (Å²) in [5.74, 6) is 0.923. The highest BCUT2D eigenvalue weighted by molar-refractivity contribution is 4.84. The van der Waals surface area contributed by atoms with Gasteiger partial charge in [-0.2, -0.15) is 0 Å². The second-order valence-electron chi connectivity index (χ2n) is 5.50. The first-order valence-corrected chi connectivity index (χ1v) is 6.48. The van der Waals surface area contributed by atoms with E-state index >= 15 is 0 Å². The average molecular weight is 213 g/mol. The van der Waals surface area contributed by atoms with Crippen molar-refractivity contribution in [3.63, 3.8) is 0 Å². The summed E-state index contributed by atoms with van der Waals surface area (Å²) in [6.45, 7) is 6.73. The van der Waals surface area contributed by atoms with Crippen molar-refractivity contribution in [2.45, 2.75) is 70.9 Å². The highest BCUT2D eigenvalue weighted by atomic mass is 16.3. The predicted molar refractivity (Wildman–Crippen MR) is 65.0 cm³/mol. The van der Waals surface area contributed by atoms with Crippen LogP contribution in [-0.4, -0.2) is 23.3 Å². The molecular formula is C13H27NO. The maximum atomic E-state index is 9.33. The summed E-state index contributed by atoms with van der Waals surface area (Å²) >= 11 is 0. The van der Waals surface area contributed by atoms with Crippen LogP contribution in [-0.2, 0) is 0 Å². The van der Waals surface area contributed by atoms with Crippen LogP contribution >= 0.6 is 0 Å². The quantitative estimate of drug-likeness (QED) is 0.711. The van der Waals surface area contributed by atoms with E-state index in [1.165, 1.54) is 32.1 Å². The Morgan fingerprint density at radius 3 is 2.47 bits per heavy atom. The van der Waals surface area contributed by atoms with Gasteiger partial charge in [-0.05, 0) is 32.6 Å². The minimum absolute atomic E-state index is 0.0853. The molecule has 2 nitrogen and oxygen atoms in total. The van der Waals surface area contributed by atoms with Crippen LogP contribution in [0.2, 0.25) is 0 Å². The lowest BCUT2D eigenvalue weighted by atomic mass is 9.94. The third-order valence-electron chi connectivity index (χ3n) is 3.89. The molecule has 1 aliphatic rings. The monoisotopic (exact) mass is 213 g/mol. The molecule has 0 heterocycles. The molecule has 2 heteroatoms. The summed E-state index contributed by atoms with van der Waals surface area (Å²) < 4.78 is 0. The minimum atomic E-state index is -0.0853. The van der Waals surface area contributed by atoms with E-state index < -0.39 is 0 Å². The molecular weight excluding hydrogens is 186 g/mol. The van der Waals surface area contributed by atoms with Gasteiger partial charge in [0.2, 0.25) is 0 Å². The minimum Gasteiger partial charge on any atom is -0.394 e. The van der Waals surface area contributed by atoms with Crippen LogP contribution in [0.25, 0.3) is 0 Å². The SMILES string of the molecule is CCC(C)(CO)NC(C)CC1CCCC1. The molecule has 2 N–H and O–H groups in total. The first-order chi connectivity index (χ1) is 7.09. The summed E-state index contributed by atoms with van der Waals surface area (Å²) in [6.07, 6.45) is 7.92. The van der Waals surface area contributed by atoms with E-state index in [-0.39, 0.29) is 12.1 Å². The Morgan fingerprint density at radius 1 is 1.40 bits per heavy atom. The zero-order chi connectivity index (χ0) is 11.3.